The predicted octanol–water partition coefficient (Wildman–Crippen LogP) is 0.355. The molecule has 0 aliphatic heterocycles. The van der Waals surface area contributed by atoms with Gasteiger partial charge in [0.2, 0.25) is 5.91 Å². The highest BCUT2D eigenvalue weighted by atomic mass is 16.5. The number of amides is 1. The van der Waals surface area contributed by atoms with Gasteiger partial charge in [0.25, 0.3) is 0 Å². The lowest BCUT2D eigenvalue weighted by Gasteiger charge is -2.15. The van der Waals surface area contributed by atoms with E-state index in [1.165, 1.54) is 14.0 Å². The predicted molar refractivity (Wildman–Crippen MR) is 64.8 cm³/mol. The molecule has 0 saturated carbocycles. The van der Waals surface area contributed by atoms with Crippen molar-refractivity contribution in [1.29, 1.82) is 0 Å². The SMILES string of the molecule is COC(=O)C(CNCc1ccc(C)o1)NC(C)=O. The first-order valence-corrected chi connectivity index (χ1v) is 5.64. The van der Waals surface area contributed by atoms with Crippen LogP contribution in [0.4, 0.5) is 0 Å². The van der Waals surface area contributed by atoms with E-state index in [4.69, 9.17) is 4.42 Å². The van der Waals surface area contributed by atoms with E-state index in [2.05, 4.69) is 15.4 Å². The number of aryl methyl sites for hydroxylation is 1. The Hall–Kier alpha value is -1.82. The van der Waals surface area contributed by atoms with Crippen molar-refractivity contribution < 1.29 is 18.7 Å². The molecular weight excluding hydrogens is 236 g/mol. The van der Waals surface area contributed by atoms with Gasteiger partial charge in [0.1, 0.15) is 17.6 Å². The van der Waals surface area contributed by atoms with Crippen molar-refractivity contribution in [2.75, 3.05) is 13.7 Å². The summed E-state index contributed by atoms with van der Waals surface area (Å²) in [6.07, 6.45) is 0. The third-order valence-electron chi connectivity index (χ3n) is 2.31. The first-order chi connectivity index (χ1) is 8.52. The van der Waals surface area contributed by atoms with Crippen LogP contribution < -0.4 is 10.6 Å². The van der Waals surface area contributed by atoms with Gasteiger partial charge >= 0.3 is 5.97 Å². The van der Waals surface area contributed by atoms with Gasteiger partial charge in [0.05, 0.1) is 13.7 Å². The number of esters is 1. The lowest BCUT2D eigenvalue weighted by Crippen LogP contribution is -2.46. The topological polar surface area (TPSA) is 80.6 Å². The molecule has 1 rings (SSSR count). The van der Waals surface area contributed by atoms with Crippen molar-refractivity contribution in [3.8, 4) is 0 Å². The number of ether oxygens (including phenoxy) is 1. The number of nitrogens with one attached hydrogen (secondary N) is 2. The Morgan fingerprint density at radius 2 is 2.17 bits per heavy atom. The van der Waals surface area contributed by atoms with Gasteiger partial charge in [0, 0.05) is 13.5 Å². The second-order valence-electron chi connectivity index (χ2n) is 3.92. The average Bonchev–Trinajstić information content (AvgIpc) is 2.72. The standard InChI is InChI=1S/C12H18N2O4/c1-8-4-5-10(18-8)6-13-7-11(12(16)17-3)14-9(2)15/h4-5,11,13H,6-7H2,1-3H3,(H,14,15). The van der Waals surface area contributed by atoms with E-state index in [1.54, 1.807) is 0 Å². The number of furan rings is 1. The minimum Gasteiger partial charge on any atom is -0.467 e. The molecule has 0 radical (unpaired) electrons. The number of methoxy groups -OCH3 is 1. The van der Waals surface area contributed by atoms with Gasteiger partial charge in [-0.25, -0.2) is 4.79 Å². The van der Waals surface area contributed by atoms with Crippen LogP contribution in [0.5, 0.6) is 0 Å². The zero-order valence-electron chi connectivity index (χ0n) is 10.8. The number of hydrogen-bond acceptors (Lipinski definition) is 5. The zero-order valence-corrected chi connectivity index (χ0v) is 10.8. The Labute approximate surface area is 106 Å². The quantitative estimate of drug-likeness (QED) is 0.716. The third kappa shape index (κ3) is 4.58. The Morgan fingerprint density at radius 1 is 1.44 bits per heavy atom. The highest BCUT2D eigenvalue weighted by Gasteiger charge is 2.19. The summed E-state index contributed by atoms with van der Waals surface area (Å²) >= 11 is 0. The average molecular weight is 254 g/mol. The summed E-state index contributed by atoms with van der Waals surface area (Å²) in [7, 11) is 1.28. The molecule has 2 N–H and O–H groups in total. The van der Waals surface area contributed by atoms with Gasteiger partial charge < -0.3 is 19.8 Å². The van der Waals surface area contributed by atoms with Crippen molar-refractivity contribution in [2.45, 2.75) is 26.4 Å². The maximum Gasteiger partial charge on any atom is 0.329 e. The van der Waals surface area contributed by atoms with Gasteiger partial charge in [-0.15, -0.1) is 0 Å². The molecular formula is C12H18N2O4. The molecule has 0 bridgehead atoms. The molecule has 1 unspecified atom stereocenters. The molecule has 1 aromatic rings. The highest BCUT2D eigenvalue weighted by Crippen LogP contribution is 2.05. The second-order valence-corrected chi connectivity index (χ2v) is 3.92. The molecule has 1 atom stereocenters. The fourth-order valence-corrected chi connectivity index (χ4v) is 1.50. The highest BCUT2D eigenvalue weighted by molar-refractivity contribution is 5.83. The summed E-state index contributed by atoms with van der Waals surface area (Å²) in [6, 6.07) is 3.03. The molecule has 1 aromatic heterocycles. The third-order valence-corrected chi connectivity index (χ3v) is 2.31. The van der Waals surface area contributed by atoms with E-state index >= 15 is 0 Å². The molecule has 1 heterocycles. The monoisotopic (exact) mass is 254 g/mol. The largest absolute Gasteiger partial charge is 0.467 e. The fourth-order valence-electron chi connectivity index (χ4n) is 1.50. The van der Waals surface area contributed by atoms with Crippen LogP contribution in [0.25, 0.3) is 0 Å². The number of hydrogen-bond donors (Lipinski definition) is 2. The summed E-state index contributed by atoms with van der Waals surface area (Å²) < 4.78 is 9.97. The van der Waals surface area contributed by atoms with E-state index in [0.29, 0.717) is 6.54 Å². The van der Waals surface area contributed by atoms with Crippen LogP contribution in [-0.4, -0.2) is 31.6 Å². The minimum atomic E-state index is -0.691. The van der Waals surface area contributed by atoms with Gasteiger partial charge in [-0.05, 0) is 19.1 Å². The van der Waals surface area contributed by atoms with Crippen LogP contribution in [0.2, 0.25) is 0 Å². The van der Waals surface area contributed by atoms with Crippen LogP contribution in [0.15, 0.2) is 16.5 Å². The van der Waals surface area contributed by atoms with Crippen LogP contribution in [0.1, 0.15) is 18.4 Å². The summed E-state index contributed by atoms with van der Waals surface area (Å²) in [5.41, 5.74) is 0. The van der Waals surface area contributed by atoms with Crippen molar-refractivity contribution in [1.82, 2.24) is 10.6 Å². The van der Waals surface area contributed by atoms with E-state index in [-0.39, 0.29) is 12.5 Å². The normalized spacial score (nSPS) is 11.9. The van der Waals surface area contributed by atoms with E-state index in [0.717, 1.165) is 11.5 Å². The van der Waals surface area contributed by atoms with Gasteiger partial charge in [-0.3, -0.25) is 4.79 Å². The molecule has 6 heteroatoms. The Kier molecular flexibility index (Phi) is 5.38. The number of carbonyl (C=O) groups excluding carboxylic acids is 2. The molecule has 100 valence electrons. The lowest BCUT2D eigenvalue weighted by molar-refractivity contribution is -0.144. The number of rotatable bonds is 6. The first-order valence-electron chi connectivity index (χ1n) is 5.64. The van der Waals surface area contributed by atoms with E-state index < -0.39 is 12.0 Å². The maximum atomic E-state index is 11.4. The number of carbonyl (C=O) groups is 2. The summed E-state index contributed by atoms with van der Waals surface area (Å²) in [6.45, 7) is 3.98. The smallest absolute Gasteiger partial charge is 0.329 e. The van der Waals surface area contributed by atoms with E-state index in [9.17, 15) is 9.59 Å². The van der Waals surface area contributed by atoms with Crippen LogP contribution in [0, 0.1) is 6.92 Å². The molecule has 0 saturated heterocycles. The minimum absolute atomic E-state index is 0.277. The fraction of sp³-hybridized carbons (Fsp3) is 0.500. The molecule has 18 heavy (non-hydrogen) atoms. The van der Waals surface area contributed by atoms with Crippen molar-refractivity contribution in [2.24, 2.45) is 0 Å². The van der Waals surface area contributed by atoms with Gasteiger partial charge in [-0.1, -0.05) is 0 Å². The molecule has 0 aromatic carbocycles. The second kappa shape index (κ2) is 6.80. The van der Waals surface area contributed by atoms with Crippen LogP contribution >= 0.6 is 0 Å². The Morgan fingerprint density at radius 3 is 2.67 bits per heavy atom. The van der Waals surface area contributed by atoms with Gasteiger partial charge in [0.15, 0.2) is 0 Å². The summed E-state index contributed by atoms with van der Waals surface area (Å²) in [5, 5.41) is 5.54. The lowest BCUT2D eigenvalue weighted by atomic mass is 10.3. The molecule has 0 aliphatic carbocycles. The maximum absolute atomic E-state index is 11.4. The summed E-state index contributed by atoms with van der Waals surface area (Å²) in [5.74, 6) is 0.853. The first kappa shape index (κ1) is 14.2. The summed E-state index contributed by atoms with van der Waals surface area (Å²) in [4.78, 5) is 22.3. The molecule has 1 amide bonds. The molecule has 0 fully saturated rings. The molecule has 0 aliphatic rings. The Balaban J connectivity index is 2.41. The zero-order chi connectivity index (χ0) is 13.5. The van der Waals surface area contributed by atoms with Gasteiger partial charge in [-0.2, -0.15) is 0 Å². The van der Waals surface area contributed by atoms with Crippen LogP contribution in [0.3, 0.4) is 0 Å². The van der Waals surface area contributed by atoms with E-state index in [1.807, 2.05) is 19.1 Å². The van der Waals surface area contributed by atoms with Crippen molar-refractivity contribution >= 4 is 11.9 Å². The van der Waals surface area contributed by atoms with Crippen molar-refractivity contribution in [3.63, 3.8) is 0 Å². The Bertz CT molecular complexity index is 414. The van der Waals surface area contributed by atoms with Crippen molar-refractivity contribution in [3.05, 3.63) is 23.7 Å². The molecule has 6 nitrogen and oxygen atoms in total. The molecule has 0 spiro atoms. The van der Waals surface area contributed by atoms with Crippen LogP contribution in [-0.2, 0) is 20.9 Å².